The normalized spacial score (nSPS) is 17.7. The number of anilines is 2. The molecule has 2 aliphatic rings. The molecule has 0 radical (unpaired) electrons. The van der Waals surface area contributed by atoms with Crippen LogP contribution in [-0.4, -0.2) is 61.2 Å². The highest BCUT2D eigenvalue weighted by atomic mass is 15.2. The summed E-state index contributed by atoms with van der Waals surface area (Å²) in [5, 5.41) is 7.03. The first-order valence-electron chi connectivity index (χ1n) is 11.5. The van der Waals surface area contributed by atoms with E-state index in [1.165, 1.54) is 62.1 Å². The Hall–Kier alpha value is -1.40. The first-order chi connectivity index (χ1) is 13.7. The Morgan fingerprint density at radius 3 is 2.57 bits per heavy atom. The summed E-state index contributed by atoms with van der Waals surface area (Å²) in [6, 6.07) is 0. The van der Waals surface area contributed by atoms with E-state index in [0.717, 1.165) is 57.6 Å². The van der Waals surface area contributed by atoms with Crippen LogP contribution in [0, 0.1) is 5.92 Å². The lowest BCUT2D eigenvalue weighted by Gasteiger charge is -2.28. The van der Waals surface area contributed by atoms with E-state index in [9.17, 15) is 0 Å². The second-order valence-corrected chi connectivity index (χ2v) is 8.50. The molecule has 0 aliphatic carbocycles. The van der Waals surface area contributed by atoms with E-state index < -0.39 is 0 Å². The Balaban J connectivity index is 1.65. The molecule has 1 saturated heterocycles. The molecule has 0 bridgehead atoms. The second kappa shape index (κ2) is 11.0. The predicted octanol–water partition coefficient (Wildman–Crippen LogP) is 3.28. The van der Waals surface area contributed by atoms with Gasteiger partial charge in [0.05, 0.1) is 5.69 Å². The number of nitrogens with zero attached hydrogens (tertiary/aromatic N) is 4. The SMILES string of the molecule is CCC(CC)CN(C)CCNc1nc2c(c(N3CCCCCC3)n1)CNCC2. The number of hydrogen-bond donors (Lipinski definition) is 2. The fraction of sp³-hybridized carbons (Fsp3) is 0.818. The van der Waals surface area contributed by atoms with Gasteiger partial charge in [0, 0.05) is 57.8 Å². The van der Waals surface area contributed by atoms with Gasteiger partial charge in [0.2, 0.25) is 5.95 Å². The van der Waals surface area contributed by atoms with E-state index in [2.05, 4.69) is 41.3 Å². The van der Waals surface area contributed by atoms with E-state index in [1.54, 1.807) is 0 Å². The molecule has 6 nitrogen and oxygen atoms in total. The zero-order valence-corrected chi connectivity index (χ0v) is 18.3. The average molecular weight is 389 g/mol. The first kappa shape index (κ1) is 21.3. The minimum atomic E-state index is 0.798. The van der Waals surface area contributed by atoms with E-state index in [0.29, 0.717) is 0 Å². The molecule has 6 heteroatoms. The number of aromatic nitrogens is 2. The second-order valence-electron chi connectivity index (χ2n) is 8.50. The van der Waals surface area contributed by atoms with Gasteiger partial charge in [-0.05, 0) is 25.8 Å². The van der Waals surface area contributed by atoms with Gasteiger partial charge in [-0.1, -0.05) is 39.5 Å². The summed E-state index contributed by atoms with van der Waals surface area (Å²) in [7, 11) is 2.22. The highest BCUT2D eigenvalue weighted by molar-refractivity contribution is 5.53. The summed E-state index contributed by atoms with van der Waals surface area (Å²) in [5.41, 5.74) is 2.56. The van der Waals surface area contributed by atoms with Gasteiger partial charge in [-0.3, -0.25) is 0 Å². The van der Waals surface area contributed by atoms with E-state index in [1.807, 2.05) is 0 Å². The van der Waals surface area contributed by atoms with Gasteiger partial charge in [0.1, 0.15) is 5.82 Å². The van der Waals surface area contributed by atoms with Crippen molar-refractivity contribution in [1.82, 2.24) is 20.2 Å². The van der Waals surface area contributed by atoms with Crippen molar-refractivity contribution in [2.45, 2.75) is 65.3 Å². The number of rotatable bonds is 9. The molecule has 1 fully saturated rings. The molecule has 0 atom stereocenters. The number of hydrogen-bond acceptors (Lipinski definition) is 6. The molecule has 1 aromatic rings. The fourth-order valence-corrected chi connectivity index (χ4v) is 4.39. The highest BCUT2D eigenvalue weighted by Crippen LogP contribution is 2.27. The maximum Gasteiger partial charge on any atom is 0.224 e. The van der Waals surface area contributed by atoms with Crippen molar-refractivity contribution in [2.75, 3.05) is 56.5 Å². The zero-order valence-electron chi connectivity index (χ0n) is 18.3. The monoisotopic (exact) mass is 388 g/mol. The zero-order chi connectivity index (χ0) is 19.8. The molecule has 0 unspecified atom stereocenters. The average Bonchev–Trinajstić information content (AvgIpc) is 3.01. The quantitative estimate of drug-likeness (QED) is 0.677. The molecule has 3 heterocycles. The maximum atomic E-state index is 4.99. The molecule has 0 amide bonds. The van der Waals surface area contributed by atoms with Gasteiger partial charge in [0.25, 0.3) is 0 Å². The molecule has 3 rings (SSSR count). The summed E-state index contributed by atoms with van der Waals surface area (Å²) in [4.78, 5) is 14.8. The standard InChI is InChI=1S/C22H40N6/c1-4-18(5-2)17-27(3)15-12-24-22-25-20-10-11-23-16-19(20)21(26-22)28-13-8-6-7-9-14-28/h18,23H,4-17H2,1-3H3,(H,24,25,26). The van der Waals surface area contributed by atoms with Gasteiger partial charge in [0.15, 0.2) is 0 Å². The van der Waals surface area contributed by atoms with Crippen LogP contribution in [0.15, 0.2) is 0 Å². The number of nitrogens with one attached hydrogen (secondary N) is 2. The fourth-order valence-electron chi connectivity index (χ4n) is 4.39. The van der Waals surface area contributed by atoms with Crippen LogP contribution in [0.2, 0.25) is 0 Å². The predicted molar refractivity (Wildman–Crippen MR) is 118 cm³/mol. The minimum absolute atomic E-state index is 0.798. The van der Waals surface area contributed by atoms with Crippen molar-refractivity contribution in [3.8, 4) is 0 Å². The third-order valence-electron chi connectivity index (χ3n) is 6.32. The lowest BCUT2D eigenvalue weighted by molar-refractivity contribution is 0.275. The molecule has 0 saturated carbocycles. The van der Waals surface area contributed by atoms with Crippen LogP contribution in [0.4, 0.5) is 11.8 Å². The van der Waals surface area contributed by atoms with Crippen molar-refractivity contribution in [3.05, 3.63) is 11.3 Å². The van der Waals surface area contributed by atoms with Crippen molar-refractivity contribution in [1.29, 1.82) is 0 Å². The maximum absolute atomic E-state index is 4.99. The summed E-state index contributed by atoms with van der Waals surface area (Å²) in [6.07, 6.45) is 8.75. The Bertz CT molecular complexity index is 593. The van der Waals surface area contributed by atoms with Crippen molar-refractivity contribution in [2.24, 2.45) is 5.92 Å². The van der Waals surface area contributed by atoms with Crippen LogP contribution >= 0.6 is 0 Å². The van der Waals surface area contributed by atoms with Gasteiger partial charge in [-0.2, -0.15) is 4.98 Å². The Morgan fingerprint density at radius 1 is 1.11 bits per heavy atom. The highest BCUT2D eigenvalue weighted by Gasteiger charge is 2.22. The third kappa shape index (κ3) is 5.80. The Kier molecular flexibility index (Phi) is 8.34. The van der Waals surface area contributed by atoms with Crippen LogP contribution in [0.1, 0.15) is 63.6 Å². The molecule has 2 aliphatic heterocycles. The molecule has 1 aromatic heterocycles. The Labute approximate surface area is 171 Å². The molecule has 158 valence electrons. The van der Waals surface area contributed by atoms with Crippen molar-refractivity contribution >= 4 is 11.8 Å². The molecule has 0 aromatic carbocycles. The molecule has 2 N–H and O–H groups in total. The van der Waals surface area contributed by atoms with Crippen LogP contribution in [0.3, 0.4) is 0 Å². The van der Waals surface area contributed by atoms with Gasteiger partial charge in [-0.15, -0.1) is 0 Å². The van der Waals surface area contributed by atoms with Crippen LogP contribution in [0.25, 0.3) is 0 Å². The largest absolute Gasteiger partial charge is 0.356 e. The van der Waals surface area contributed by atoms with Gasteiger partial charge >= 0.3 is 0 Å². The smallest absolute Gasteiger partial charge is 0.224 e. The minimum Gasteiger partial charge on any atom is -0.356 e. The lowest BCUT2D eigenvalue weighted by Crippen LogP contribution is -2.33. The van der Waals surface area contributed by atoms with Gasteiger partial charge < -0.3 is 20.4 Å². The Morgan fingerprint density at radius 2 is 1.86 bits per heavy atom. The van der Waals surface area contributed by atoms with Crippen LogP contribution in [-0.2, 0) is 13.0 Å². The molecule has 28 heavy (non-hydrogen) atoms. The van der Waals surface area contributed by atoms with Crippen molar-refractivity contribution in [3.63, 3.8) is 0 Å². The van der Waals surface area contributed by atoms with E-state index in [-0.39, 0.29) is 0 Å². The van der Waals surface area contributed by atoms with Crippen molar-refractivity contribution < 1.29 is 0 Å². The van der Waals surface area contributed by atoms with E-state index >= 15 is 0 Å². The third-order valence-corrected chi connectivity index (χ3v) is 6.32. The lowest BCUT2D eigenvalue weighted by atomic mass is 10.0. The summed E-state index contributed by atoms with van der Waals surface area (Å²) in [5.74, 6) is 2.79. The van der Waals surface area contributed by atoms with Crippen LogP contribution < -0.4 is 15.5 Å². The van der Waals surface area contributed by atoms with E-state index in [4.69, 9.17) is 9.97 Å². The van der Waals surface area contributed by atoms with Gasteiger partial charge in [-0.25, -0.2) is 4.98 Å². The summed E-state index contributed by atoms with van der Waals surface area (Å²) in [6.45, 7) is 11.8. The molecular formula is C22H40N6. The topological polar surface area (TPSA) is 56.3 Å². The summed E-state index contributed by atoms with van der Waals surface area (Å²) >= 11 is 0. The number of likely N-dealkylation sites (N-methyl/N-ethyl adjacent to an activating group) is 1. The molecule has 0 spiro atoms. The molecular weight excluding hydrogens is 348 g/mol. The summed E-state index contributed by atoms with van der Waals surface area (Å²) < 4.78 is 0. The number of fused-ring (bicyclic) bond motifs is 1. The first-order valence-corrected chi connectivity index (χ1v) is 11.5. The van der Waals surface area contributed by atoms with Crippen LogP contribution in [0.5, 0.6) is 0 Å².